The van der Waals surface area contributed by atoms with Crippen LogP contribution in [0.5, 0.6) is 0 Å². The lowest BCUT2D eigenvalue weighted by atomic mass is 10.1. The van der Waals surface area contributed by atoms with E-state index in [9.17, 15) is 4.79 Å². The number of hydrogen-bond donors (Lipinski definition) is 1. The number of allylic oxidation sites excluding steroid dienone is 1. The molecule has 0 heterocycles. The Kier molecular flexibility index (Phi) is 3.97. The van der Waals surface area contributed by atoms with Crippen LogP contribution in [0, 0.1) is 17.2 Å². The summed E-state index contributed by atoms with van der Waals surface area (Å²) in [5.74, 6) is -1.23. The Bertz CT molecular complexity index is 213. The third kappa shape index (κ3) is 3.41. The molecular weight excluding hydrogens is 142 g/mol. The van der Waals surface area contributed by atoms with Crippen molar-refractivity contribution in [2.45, 2.75) is 20.3 Å². The molecule has 0 fully saturated rings. The van der Waals surface area contributed by atoms with Crippen molar-refractivity contribution < 1.29 is 9.90 Å². The molecule has 0 aliphatic carbocycles. The Balaban J connectivity index is 4.29. The van der Waals surface area contributed by atoms with E-state index in [1.807, 2.05) is 13.0 Å². The van der Waals surface area contributed by atoms with Crippen LogP contribution in [0.3, 0.4) is 0 Å². The van der Waals surface area contributed by atoms with E-state index in [1.54, 1.807) is 0 Å². The third-order valence-corrected chi connectivity index (χ3v) is 1.39. The van der Waals surface area contributed by atoms with Crippen LogP contribution in [0.4, 0.5) is 0 Å². The highest BCUT2D eigenvalue weighted by atomic mass is 16.4. The maximum atomic E-state index is 10.3. The lowest BCUT2D eigenvalue weighted by molar-refractivity contribution is -0.132. The summed E-state index contributed by atoms with van der Waals surface area (Å²) in [6.45, 7) is 3.34. The zero-order valence-electron chi connectivity index (χ0n) is 6.66. The summed E-state index contributed by atoms with van der Waals surface area (Å²) in [6.07, 6.45) is 2.13. The summed E-state index contributed by atoms with van der Waals surface area (Å²) in [7, 11) is 0. The normalized spacial score (nSPS) is 13.7. The van der Waals surface area contributed by atoms with Crippen LogP contribution in [-0.4, -0.2) is 11.1 Å². The number of aliphatic carboxylic acids is 1. The topological polar surface area (TPSA) is 61.1 Å². The van der Waals surface area contributed by atoms with Gasteiger partial charge in [0.1, 0.15) is 0 Å². The van der Waals surface area contributed by atoms with Gasteiger partial charge in [0, 0.05) is 5.57 Å². The second kappa shape index (κ2) is 4.51. The molecule has 0 aromatic rings. The van der Waals surface area contributed by atoms with Crippen LogP contribution in [0.25, 0.3) is 0 Å². The highest BCUT2D eigenvalue weighted by molar-refractivity contribution is 5.85. The molecular formula is C8H11NO2. The van der Waals surface area contributed by atoms with Gasteiger partial charge >= 0.3 is 5.97 Å². The van der Waals surface area contributed by atoms with Gasteiger partial charge < -0.3 is 5.11 Å². The van der Waals surface area contributed by atoms with Gasteiger partial charge in [0.05, 0.1) is 12.0 Å². The highest BCUT2D eigenvalue weighted by Crippen LogP contribution is 2.06. The Morgan fingerprint density at radius 2 is 2.36 bits per heavy atom. The van der Waals surface area contributed by atoms with Crippen molar-refractivity contribution in [2.24, 2.45) is 5.92 Å². The fourth-order valence-corrected chi connectivity index (χ4v) is 0.619. The van der Waals surface area contributed by atoms with Crippen molar-refractivity contribution in [3.63, 3.8) is 0 Å². The first kappa shape index (κ1) is 9.70. The molecule has 0 spiro atoms. The lowest BCUT2D eigenvalue weighted by Gasteiger charge is -1.98. The molecule has 3 heteroatoms. The molecule has 1 N–H and O–H groups in total. The number of hydrogen-bond acceptors (Lipinski definition) is 2. The molecule has 1 unspecified atom stereocenters. The molecule has 60 valence electrons. The van der Waals surface area contributed by atoms with Gasteiger partial charge in [0.15, 0.2) is 0 Å². The lowest BCUT2D eigenvalue weighted by Crippen LogP contribution is -1.99. The Morgan fingerprint density at radius 1 is 1.82 bits per heavy atom. The van der Waals surface area contributed by atoms with Crippen LogP contribution in [0.1, 0.15) is 20.3 Å². The van der Waals surface area contributed by atoms with Gasteiger partial charge in [-0.25, -0.2) is 4.79 Å². The van der Waals surface area contributed by atoms with Crippen molar-refractivity contribution in [1.82, 2.24) is 0 Å². The smallest absolute Gasteiger partial charge is 0.330 e. The Labute approximate surface area is 66.0 Å². The minimum Gasteiger partial charge on any atom is -0.478 e. The molecule has 0 aliphatic heterocycles. The van der Waals surface area contributed by atoms with E-state index in [2.05, 4.69) is 0 Å². The summed E-state index contributed by atoms with van der Waals surface area (Å²) in [5, 5.41) is 16.9. The fourth-order valence-electron chi connectivity index (χ4n) is 0.619. The largest absolute Gasteiger partial charge is 0.478 e. The molecule has 0 saturated heterocycles. The first-order chi connectivity index (χ1) is 5.11. The molecule has 0 radical (unpaired) electrons. The van der Waals surface area contributed by atoms with Gasteiger partial charge in [0.25, 0.3) is 0 Å². The number of nitriles is 1. The van der Waals surface area contributed by atoms with E-state index in [0.29, 0.717) is 6.42 Å². The summed E-state index contributed by atoms with van der Waals surface area (Å²) >= 11 is 0. The van der Waals surface area contributed by atoms with Gasteiger partial charge in [-0.05, 0) is 13.3 Å². The summed E-state index contributed by atoms with van der Waals surface area (Å²) in [6, 6.07) is 2.00. The predicted molar refractivity (Wildman–Crippen MR) is 40.8 cm³/mol. The monoisotopic (exact) mass is 153 g/mol. The van der Waals surface area contributed by atoms with E-state index in [-0.39, 0.29) is 11.5 Å². The zero-order valence-corrected chi connectivity index (χ0v) is 6.66. The second-order valence-electron chi connectivity index (χ2n) is 2.30. The minimum atomic E-state index is -0.960. The van der Waals surface area contributed by atoms with Crippen LogP contribution < -0.4 is 0 Å². The zero-order chi connectivity index (χ0) is 8.85. The Morgan fingerprint density at radius 3 is 2.64 bits per heavy atom. The number of carbonyl (C=O) groups is 1. The standard InChI is InChI=1S/C8H11NO2/c1-3-7(5-9)4-6(2)8(10)11/h4,7H,3H2,1-2H3,(H,10,11). The molecule has 3 nitrogen and oxygen atoms in total. The maximum Gasteiger partial charge on any atom is 0.330 e. The van der Waals surface area contributed by atoms with Crippen LogP contribution in [-0.2, 0) is 4.79 Å². The van der Waals surface area contributed by atoms with Crippen molar-refractivity contribution >= 4 is 5.97 Å². The average molecular weight is 153 g/mol. The van der Waals surface area contributed by atoms with Crippen molar-refractivity contribution in [1.29, 1.82) is 5.26 Å². The van der Waals surface area contributed by atoms with Crippen LogP contribution in [0.15, 0.2) is 11.6 Å². The minimum absolute atomic E-state index is 0.235. The average Bonchev–Trinajstić information content (AvgIpc) is 1.99. The first-order valence-corrected chi connectivity index (χ1v) is 3.43. The molecule has 11 heavy (non-hydrogen) atoms. The van der Waals surface area contributed by atoms with E-state index in [1.165, 1.54) is 13.0 Å². The highest BCUT2D eigenvalue weighted by Gasteiger charge is 2.04. The van der Waals surface area contributed by atoms with E-state index < -0.39 is 5.97 Å². The predicted octanol–water partition coefficient (Wildman–Crippen LogP) is 1.57. The van der Waals surface area contributed by atoms with Gasteiger partial charge in [-0.1, -0.05) is 13.0 Å². The number of rotatable bonds is 3. The van der Waals surface area contributed by atoms with E-state index in [0.717, 1.165) is 0 Å². The van der Waals surface area contributed by atoms with Gasteiger partial charge in [-0.2, -0.15) is 5.26 Å². The molecule has 0 amide bonds. The van der Waals surface area contributed by atoms with Crippen molar-refractivity contribution in [2.75, 3.05) is 0 Å². The summed E-state index contributed by atoms with van der Waals surface area (Å²) in [5.41, 5.74) is 0.235. The second-order valence-corrected chi connectivity index (χ2v) is 2.30. The maximum absolute atomic E-state index is 10.3. The van der Waals surface area contributed by atoms with Crippen LogP contribution in [0.2, 0.25) is 0 Å². The quantitative estimate of drug-likeness (QED) is 0.626. The fraction of sp³-hybridized carbons (Fsp3) is 0.500. The molecule has 0 rings (SSSR count). The molecule has 1 atom stereocenters. The van der Waals surface area contributed by atoms with Gasteiger partial charge in [-0.15, -0.1) is 0 Å². The van der Waals surface area contributed by atoms with Gasteiger partial charge in [-0.3, -0.25) is 0 Å². The third-order valence-electron chi connectivity index (χ3n) is 1.39. The molecule has 0 bridgehead atoms. The molecule has 0 saturated carbocycles. The number of nitrogens with zero attached hydrogens (tertiary/aromatic N) is 1. The Hall–Kier alpha value is -1.30. The van der Waals surface area contributed by atoms with Crippen molar-refractivity contribution in [3.8, 4) is 6.07 Å². The number of carboxylic acid groups (broad SMARTS) is 1. The summed E-state index contributed by atoms with van der Waals surface area (Å²) in [4.78, 5) is 10.3. The van der Waals surface area contributed by atoms with Crippen molar-refractivity contribution in [3.05, 3.63) is 11.6 Å². The molecule has 0 aromatic carbocycles. The SMILES string of the molecule is CCC(C#N)C=C(C)C(=O)O. The first-order valence-electron chi connectivity index (χ1n) is 3.43. The van der Waals surface area contributed by atoms with Gasteiger partial charge in [0.2, 0.25) is 0 Å². The molecule has 0 aliphatic rings. The van der Waals surface area contributed by atoms with E-state index >= 15 is 0 Å². The summed E-state index contributed by atoms with van der Waals surface area (Å²) < 4.78 is 0. The molecule has 0 aromatic heterocycles. The van der Waals surface area contributed by atoms with E-state index in [4.69, 9.17) is 10.4 Å². The van der Waals surface area contributed by atoms with Crippen LogP contribution >= 0.6 is 0 Å². The number of carboxylic acids is 1.